The lowest BCUT2D eigenvalue weighted by atomic mass is 10.1. The van der Waals surface area contributed by atoms with Crippen molar-refractivity contribution < 1.29 is 13.5 Å². The van der Waals surface area contributed by atoms with E-state index in [1.807, 2.05) is 12.3 Å². The number of aryl methyl sites for hydroxylation is 1. The summed E-state index contributed by atoms with van der Waals surface area (Å²) in [6.07, 6.45) is 0. The van der Waals surface area contributed by atoms with E-state index in [-0.39, 0.29) is 18.9 Å². The third-order valence-electron chi connectivity index (χ3n) is 2.67. The normalized spacial score (nSPS) is 11.7. The summed E-state index contributed by atoms with van der Waals surface area (Å²) in [5.41, 5.74) is 2.08. The van der Waals surface area contributed by atoms with Crippen molar-refractivity contribution in [2.75, 3.05) is 0 Å². The Balaban J connectivity index is 1.99. The number of aliphatic hydroxyl groups excluding tert-OH is 1. The summed E-state index contributed by atoms with van der Waals surface area (Å²) in [6, 6.07) is 6.90. The smallest absolute Gasteiger partial charge is 0.216 e. The first-order chi connectivity index (χ1) is 9.48. The highest BCUT2D eigenvalue weighted by molar-refractivity contribution is 7.88. The molecular formula is C13H16N2O3S2. The van der Waals surface area contributed by atoms with Crippen molar-refractivity contribution in [1.29, 1.82) is 0 Å². The Bertz CT molecular complexity index is 680. The van der Waals surface area contributed by atoms with Crippen LogP contribution in [-0.2, 0) is 28.9 Å². The highest BCUT2D eigenvalue weighted by atomic mass is 32.2. The van der Waals surface area contributed by atoms with Gasteiger partial charge < -0.3 is 5.11 Å². The monoisotopic (exact) mass is 312 g/mol. The maximum absolute atomic E-state index is 12.0. The maximum atomic E-state index is 12.0. The lowest BCUT2D eigenvalue weighted by Gasteiger charge is -2.06. The minimum atomic E-state index is -3.42. The number of nitrogens with zero attached hydrogens (tertiary/aromatic N) is 1. The van der Waals surface area contributed by atoms with E-state index in [2.05, 4.69) is 9.71 Å². The SMILES string of the molecule is Cc1nc(CNS(=O)(=O)Cc2cccc(CO)c2)cs1. The van der Waals surface area contributed by atoms with Gasteiger partial charge in [0.1, 0.15) is 0 Å². The predicted molar refractivity (Wildman–Crippen MR) is 78.7 cm³/mol. The summed E-state index contributed by atoms with van der Waals surface area (Å²) in [6.45, 7) is 1.98. The number of sulfonamides is 1. The fourth-order valence-electron chi connectivity index (χ4n) is 1.76. The number of rotatable bonds is 6. The molecule has 2 rings (SSSR count). The van der Waals surface area contributed by atoms with Gasteiger partial charge in [0.15, 0.2) is 0 Å². The lowest BCUT2D eigenvalue weighted by molar-refractivity contribution is 0.282. The third kappa shape index (κ3) is 4.38. The van der Waals surface area contributed by atoms with Crippen LogP contribution in [0, 0.1) is 6.92 Å². The van der Waals surface area contributed by atoms with Crippen LogP contribution in [0.25, 0.3) is 0 Å². The number of benzene rings is 1. The molecule has 0 radical (unpaired) electrons. The minimum absolute atomic E-state index is 0.0978. The number of hydrogen-bond donors (Lipinski definition) is 2. The van der Waals surface area contributed by atoms with Crippen molar-refractivity contribution in [3.63, 3.8) is 0 Å². The quantitative estimate of drug-likeness (QED) is 0.848. The van der Waals surface area contributed by atoms with Gasteiger partial charge in [-0.2, -0.15) is 0 Å². The number of aromatic nitrogens is 1. The zero-order valence-corrected chi connectivity index (χ0v) is 12.7. The van der Waals surface area contributed by atoms with E-state index in [4.69, 9.17) is 5.11 Å². The molecule has 0 aliphatic rings. The van der Waals surface area contributed by atoms with Crippen LogP contribution in [-0.4, -0.2) is 18.5 Å². The molecule has 5 nitrogen and oxygen atoms in total. The molecule has 1 aromatic carbocycles. The average Bonchev–Trinajstić information content (AvgIpc) is 2.82. The highest BCUT2D eigenvalue weighted by Crippen LogP contribution is 2.11. The van der Waals surface area contributed by atoms with Crippen LogP contribution >= 0.6 is 11.3 Å². The Kier molecular flexibility index (Phi) is 4.87. The van der Waals surface area contributed by atoms with Crippen molar-refractivity contribution in [3.05, 3.63) is 51.5 Å². The average molecular weight is 312 g/mol. The zero-order chi connectivity index (χ0) is 14.6. The molecule has 0 spiro atoms. The third-order valence-corrected chi connectivity index (χ3v) is 4.79. The van der Waals surface area contributed by atoms with E-state index in [1.165, 1.54) is 11.3 Å². The van der Waals surface area contributed by atoms with E-state index in [1.54, 1.807) is 24.3 Å². The van der Waals surface area contributed by atoms with Crippen LogP contribution in [0.2, 0.25) is 0 Å². The van der Waals surface area contributed by atoms with Gasteiger partial charge in [-0.25, -0.2) is 18.1 Å². The second kappa shape index (κ2) is 6.45. The second-order valence-electron chi connectivity index (χ2n) is 4.42. The molecule has 2 aromatic rings. The number of nitrogens with one attached hydrogen (secondary N) is 1. The summed E-state index contributed by atoms with van der Waals surface area (Å²) >= 11 is 1.49. The fourth-order valence-corrected chi connectivity index (χ4v) is 3.46. The molecule has 108 valence electrons. The molecule has 0 atom stereocenters. The molecule has 1 heterocycles. The zero-order valence-electron chi connectivity index (χ0n) is 11.0. The summed E-state index contributed by atoms with van der Waals surface area (Å²) < 4.78 is 26.5. The first-order valence-electron chi connectivity index (χ1n) is 6.05. The summed E-state index contributed by atoms with van der Waals surface area (Å²) in [4.78, 5) is 4.21. The minimum Gasteiger partial charge on any atom is -0.392 e. The molecule has 0 unspecified atom stereocenters. The number of thiazole rings is 1. The van der Waals surface area contributed by atoms with Gasteiger partial charge in [0.05, 0.1) is 29.6 Å². The summed E-state index contributed by atoms with van der Waals surface area (Å²) in [7, 11) is -3.42. The summed E-state index contributed by atoms with van der Waals surface area (Å²) in [5, 5.41) is 11.8. The molecule has 0 saturated heterocycles. The highest BCUT2D eigenvalue weighted by Gasteiger charge is 2.12. The van der Waals surface area contributed by atoms with Crippen molar-refractivity contribution in [1.82, 2.24) is 9.71 Å². The largest absolute Gasteiger partial charge is 0.392 e. The molecule has 0 bridgehead atoms. The molecule has 2 N–H and O–H groups in total. The Labute approximate surface area is 122 Å². The lowest BCUT2D eigenvalue weighted by Crippen LogP contribution is -2.24. The van der Waals surface area contributed by atoms with Crippen LogP contribution in [0.1, 0.15) is 21.8 Å². The van der Waals surface area contributed by atoms with Crippen LogP contribution in [0.5, 0.6) is 0 Å². The van der Waals surface area contributed by atoms with Crippen molar-refractivity contribution in [2.24, 2.45) is 0 Å². The molecule has 0 saturated carbocycles. The Morgan fingerprint density at radius 2 is 2.10 bits per heavy atom. The van der Waals surface area contributed by atoms with Gasteiger partial charge in [-0.3, -0.25) is 0 Å². The van der Waals surface area contributed by atoms with Crippen molar-refractivity contribution >= 4 is 21.4 Å². The topological polar surface area (TPSA) is 79.3 Å². The van der Waals surface area contributed by atoms with Gasteiger partial charge in [0.2, 0.25) is 10.0 Å². The van der Waals surface area contributed by atoms with Gasteiger partial charge in [0.25, 0.3) is 0 Å². The number of hydrogen-bond acceptors (Lipinski definition) is 5. The molecule has 0 fully saturated rings. The van der Waals surface area contributed by atoms with E-state index in [0.717, 1.165) is 10.7 Å². The van der Waals surface area contributed by atoms with E-state index in [9.17, 15) is 8.42 Å². The second-order valence-corrected chi connectivity index (χ2v) is 7.29. The van der Waals surface area contributed by atoms with Crippen LogP contribution < -0.4 is 4.72 Å². The van der Waals surface area contributed by atoms with E-state index in [0.29, 0.717) is 11.1 Å². The van der Waals surface area contributed by atoms with Crippen molar-refractivity contribution in [3.8, 4) is 0 Å². The van der Waals surface area contributed by atoms with E-state index >= 15 is 0 Å². The van der Waals surface area contributed by atoms with Gasteiger partial charge in [0, 0.05) is 5.38 Å². The molecule has 0 amide bonds. The fraction of sp³-hybridized carbons (Fsp3) is 0.308. The summed E-state index contributed by atoms with van der Waals surface area (Å²) in [5.74, 6) is -0.107. The van der Waals surface area contributed by atoms with Gasteiger partial charge in [-0.05, 0) is 18.1 Å². The van der Waals surface area contributed by atoms with Crippen LogP contribution in [0.15, 0.2) is 29.6 Å². The molecule has 0 aliphatic heterocycles. The van der Waals surface area contributed by atoms with Gasteiger partial charge in [-0.1, -0.05) is 24.3 Å². The molecule has 0 aliphatic carbocycles. The molecule has 1 aromatic heterocycles. The first kappa shape index (κ1) is 15.1. The Hall–Kier alpha value is -1.28. The predicted octanol–water partition coefficient (Wildman–Crippen LogP) is 1.56. The molecule has 7 heteroatoms. The standard InChI is InChI=1S/C13H16N2O3S2/c1-10-15-13(8-19-10)6-14-20(17,18)9-12-4-2-3-11(5-12)7-16/h2-5,8,14,16H,6-7,9H2,1H3. The van der Waals surface area contributed by atoms with Gasteiger partial charge in [-0.15, -0.1) is 11.3 Å². The number of aliphatic hydroxyl groups is 1. The maximum Gasteiger partial charge on any atom is 0.216 e. The van der Waals surface area contributed by atoms with Gasteiger partial charge >= 0.3 is 0 Å². The molecule has 20 heavy (non-hydrogen) atoms. The molecular weight excluding hydrogens is 296 g/mol. The van der Waals surface area contributed by atoms with Crippen LogP contribution in [0.3, 0.4) is 0 Å². The first-order valence-corrected chi connectivity index (χ1v) is 8.59. The Morgan fingerprint density at radius 3 is 2.75 bits per heavy atom. The van der Waals surface area contributed by atoms with Crippen LogP contribution in [0.4, 0.5) is 0 Å². The van der Waals surface area contributed by atoms with E-state index < -0.39 is 10.0 Å². The van der Waals surface area contributed by atoms with Crippen molar-refractivity contribution in [2.45, 2.75) is 25.8 Å². The Morgan fingerprint density at radius 1 is 1.35 bits per heavy atom.